The zero-order valence-electron chi connectivity index (χ0n) is 9.89. The van der Waals surface area contributed by atoms with E-state index in [4.69, 9.17) is 4.74 Å². The maximum atomic E-state index is 4.83. The van der Waals surface area contributed by atoms with Gasteiger partial charge in [-0.15, -0.1) is 0 Å². The summed E-state index contributed by atoms with van der Waals surface area (Å²) in [6.07, 6.45) is 9.01. The molecule has 0 atom stereocenters. The molecule has 0 aromatic rings. The lowest BCUT2D eigenvalue weighted by molar-refractivity contribution is 0.162. The van der Waals surface area contributed by atoms with E-state index in [1.807, 2.05) is 13.8 Å². The Morgan fingerprint density at radius 1 is 1.00 bits per heavy atom. The second-order valence-electron chi connectivity index (χ2n) is 2.99. The van der Waals surface area contributed by atoms with Crippen molar-refractivity contribution in [2.24, 2.45) is 0 Å². The molecule has 0 bridgehead atoms. The molecule has 0 fully saturated rings. The minimum atomic E-state index is 0.844. The molecule has 0 saturated heterocycles. The van der Waals surface area contributed by atoms with Gasteiger partial charge in [-0.3, -0.25) is 0 Å². The van der Waals surface area contributed by atoms with E-state index in [0.717, 1.165) is 13.2 Å². The number of hydrogen-bond acceptors (Lipinski definition) is 1. The SMILES string of the molecule is CCCCCC/C=C/I.CCOCC. The van der Waals surface area contributed by atoms with E-state index in [2.05, 4.69) is 39.7 Å². The molecule has 0 rings (SSSR count). The first-order valence-electron chi connectivity index (χ1n) is 5.66. The van der Waals surface area contributed by atoms with Gasteiger partial charge in [0, 0.05) is 13.2 Å². The van der Waals surface area contributed by atoms with Crippen LogP contribution in [-0.2, 0) is 4.74 Å². The molecule has 0 N–H and O–H groups in total. The van der Waals surface area contributed by atoms with Gasteiger partial charge in [-0.2, -0.15) is 0 Å². The molecule has 0 aromatic heterocycles. The number of unbranched alkanes of at least 4 members (excludes halogenated alkanes) is 4. The number of halogens is 1. The van der Waals surface area contributed by atoms with Gasteiger partial charge in [-0.05, 0) is 30.8 Å². The predicted molar refractivity (Wildman–Crippen MR) is 74.1 cm³/mol. The van der Waals surface area contributed by atoms with Gasteiger partial charge >= 0.3 is 0 Å². The van der Waals surface area contributed by atoms with Crippen LogP contribution < -0.4 is 0 Å². The summed E-state index contributed by atoms with van der Waals surface area (Å²) >= 11 is 2.27. The Bertz CT molecular complexity index is 100. The fourth-order valence-corrected chi connectivity index (χ4v) is 1.32. The summed E-state index contributed by atoms with van der Waals surface area (Å²) in [5, 5.41) is 0. The largest absolute Gasteiger partial charge is 0.382 e. The van der Waals surface area contributed by atoms with Crippen molar-refractivity contribution < 1.29 is 4.74 Å². The van der Waals surface area contributed by atoms with Crippen molar-refractivity contribution in [1.82, 2.24) is 0 Å². The van der Waals surface area contributed by atoms with Gasteiger partial charge in [-0.25, -0.2) is 0 Å². The second kappa shape index (κ2) is 19.1. The Hall–Kier alpha value is 0.430. The normalized spacial score (nSPS) is 10.0. The highest BCUT2D eigenvalue weighted by atomic mass is 127. The topological polar surface area (TPSA) is 9.23 Å². The molecule has 0 aliphatic carbocycles. The summed E-state index contributed by atoms with van der Waals surface area (Å²) in [6.45, 7) is 7.91. The van der Waals surface area contributed by atoms with Crippen LogP contribution in [0.3, 0.4) is 0 Å². The van der Waals surface area contributed by atoms with Crippen molar-refractivity contribution in [2.45, 2.75) is 52.9 Å². The van der Waals surface area contributed by atoms with E-state index < -0.39 is 0 Å². The van der Waals surface area contributed by atoms with Gasteiger partial charge in [0.2, 0.25) is 0 Å². The first kappa shape index (κ1) is 16.8. The Morgan fingerprint density at radius 3 is 2.00 bits per heavy atom. The van der Waals surface area contributed by atoms with Crippen molar-refractivity contribution in [2.75, 3.05) is 13.2 Å². The fourth-order valence-electron chi connectivity index (χ4n) is 0.956. The van der Waals surface area contributed by atoms with E-state index in [0.29, 0.717) is 0 Å². The standard InChI is InChI=1S/C8H15I.C4H10O/c1-2-3-4-5-6-7-8-9;1-3-5-4-2/h7-8H,2-6H2,1H3;3-4H2,1-2H3/b8-7+;. The van der Waals surface area contributed by atoms with Crippen molar-refractivity contribution in [3.63, 3.8) is 0 Å². The summed E-state index contributed by atoms with van der Waals surface area (Å²) in [5.74, 6) is 0. The van der Waals surface area contributed by atoms with E-state index in [1.165, 1.54) is 32.1 Å². The van der Waals surface area contributed by atoms with Crippen LogP contribution in [0.4, 0.5) is 0 Å². The van der Waals surface area contributed by atoms with Crippen LogP contribution in [0.25, 0.3) is 0 Å². The number of allylic oxidation sites excluding steroid dienone is 1. The molecule has 0 spiro atoms. The number of rotatable bonds is 7. The lowest BCUT2D eigenvalue weighted by Crippen LogP contribution is -1.84. The Labute approximate surface area is 103 Å². The second-order valence-corrected chi connectivity index (χ2v) is 3.71. The molecule has 2 heteroatoms. The van der Waals surface area contributed by atoms with E-state index >= 15 is 0 Å². The number of hydrogen-bond donors (Lipinski definition) is 0. The van der Waals surface area contributed by atoms with Crippen LogP contribution in [0.5, 0.6) is 0 Å². The molecule has 1 nitrogen and oxygen atoms in total. The Balaban J connectivity index is 0. The van der Waals surface area contributed by atoms with Crippen LogP contribution in [0.15, 0.2) is 10.2 Å². The fraction of sp³-hybridized carbons (Fsp3) is 0.833. The third-order valence-electron chi connectivity index (χ3n) is 1.72. The van der Waals surface area contributed by atoms with Gasteiger partial charge in [0.1, 0.15) is 0 Å². The third-order valence-corrected chi connectivity index (χ3v) is 2.23. The zero-order valence-corrected chi connectivity index (χ0v) is 12.0. The molecule has 0 aliphatic rings. The van der Waals surface area contributed by atoms with Crippen LogP contribution >= 0.6 is 22.6 Å². The maximum absolute atomic E-state index is 4.83. The summed E-state index contributed by atoms with van der Waals surface area (Å²) in [4.78, 5) is 0. The average molecular weight is 312 g/mol. The molecule has 14 heavy (non-hydrogen) atoms. The molecular formula is C12H25IO. The first-order chi connectivity index (χ1) is 6.83. The Morgan fingerprint density at radius 2 is 1.64 bits per heavy atom. The van der Waals surface area contributed by atoms with Crippen LogP contribution in [0, 0.1) is 0 Å². The zero-order chi connectivity index (χ0) is 11.1. The third kappa shape index (κ3) is 22.9. The van der Waals surface area contributed by atoms with Gasteiger partial charge in [0.05, 0.1) is 0 Å². The molecule has 0 radical (unpaired) electrons. The van der Waals surface area contributed by atoms with Crippen molar-refractivity contribution in [1.29, 1.82) is 0 Å². The van der Waals surface area contributed by atoms with Gasteiger partial charge in [-0.1, -0.05) is 54.9 Å². The van der Waals surface area contributed by atoms with Crippen molar-refractivity contribution in [3.8, 4) is 0 Å². The average Bonchev–Trinajstić information content (AvgIpc) is 2.20. The van der Waals surface area contributed by atoms with E-state index in [-0.39, 0.29) is 0 Å². The highest BCUT2D eigenvalue weighted by molar-refractivity contribution is 14.1. The lowest BCUT2D eigenvalue weighted by atomic mass is 10.2. The van der Waals surface area contributed by atoms with Gasteiger partial charge < -0.3 is 4.74 Å². The first-order valence-corrected chi connectivity index (χ1v) is 6.90. The quantitative estimate of drug-likeness (QED) is 0.477. The van der Waals surface area contributed by atoms with Crippen molar-refractivity contribution >= 4 is 22.6 Å². The summed E-state index contributed by atoms with van der Waals surface area (Å²) in [5.41, 5.74) is 0. The molecule has 0 saturated carbocycles. The number of ether oxygens (including phenoxy) is 1. The molecule has 0 aromatic carbocycles. The molecule has 86 valence electrons. The summed E-state index contributed by atoms with van der Waals surface area (Å²) in [6, 6.07) is 0. The lowest BCUT2D eigenvalue weighted by Gasteiger charge is -1.92. The monoisotopic (exact) mass is 312 g/mol. The van der Waals surface area contributed by atoms with Gasteiger partial charge in [0.25, 0.3) is 0 Å². The smallest absolute Gasteiger partial charge is 0.0437 e. The van der Waals surface area contributed by atoms with Crippen LogP contribution in [0.1, 0.15) is 52.9 Å². The van der Waals surface area contributed by atoms with Crippen LogP contribution in [0.2, 0.25) is 0 Å². The van der Waals surface area contributed by atoms with Crippen molar-refractivity contribution in [3.05, 3.63) is 10.2 Å². The molecular weight excluding hydrogens is 287 g/mol. The predicted octanol–water partition coefficient (Wildman–Crippen LogP) is 4.95. The summed E-state index contributed by atoms with van der Waals surface area (Å²) < 4.78 is 6.93. The minimum Gasteiger partial charge on any atom is -0.382 e. The minimum absolute atomic E-state index is 0.844. The maximum Gasteiger partial charge on any atom is 0.0437 e. The highest BCUT2D eigenvalue weighted by Crippen LogP contribution is 2.03. The summed E-state index contributed by atoms with van der Waals surface area (Å²) in [7, 11) is 0. The Kier molecular flexibility index (Phi) is 23.0. The molecule has 0 unspecified atom stereocenters. The molecule has 0 aliphatic heterocycles. The molecule has 0 heterocycles. The van der Waals surface area contributed by atoms with Crippen LogP contribution in [-0.4, -0.2) is 13.2 Å². The van der Waals surface area contributed by atoms with Gasteiger partial charge in [0.15, 0.2) is 0 Å². The van der Waals surface area contributed by atoms with E-state index in [9.17, 15) is 0 Å². The molecule has 0 amide bonds. The van der Waals surface area contributed by atoms with E-state index in [1.54, 1.807) is 0 Å². The highest BCUT2D eigenvalue weighted by Gasteiger charge is 1.82.